The topological polar surface area (TPSA) is 72.3 Å². The van der Waals surface area contributed by atoms with Crippen molar-refractivity contribution >= 4 is 5.91 Å². The first kappa shape index (κ1) is 16.2. The molecule has 20 heavy (non-hydrogen) atoms. The third-order valence-corrected chi connectivity index (χ3v) is 2.67. The van der Waals surface area contributed by atoms with Crippen LogP contribution in [0.15, 0.2) is 24.3 Å². The number of hydrogen-bond acceptors (Lipinski definition) is 3. The van der Waals surface area contributed by atoms with Crippen LogP contribution in [-0.2, 0) is 11.3 Å². The van der Waals surface area contributed by atoms with E-state index in [0.29, 0.717) is 19.0 Å². The van der Waals surface area contributed by atoms with Gasteiger partial charge >= 0.3 is 0 Å². The highest BCUT2D eigenvalue weighted by Gasteiger charge is 2.11. The maximum atomic E-state index is 11.1. The van der Waals surface area contributed by atoms with E-state index in [-0.39, 0.29) is 12.5 Å². The minimum atomic E-state index is -0.301. The highest BCUT2D eigenvalue weighted by molar-refractivity contribution is 5.75. The van der Waals surface area contributed by atoms with Crippen molar-refractivity contribution in [2.24, 2.45) is 17.4 Å². The van der Waals surface area contributed by atoms with Gasteiger partial charge in [-0.2, -0.15) is 0 Å². The van der Waals surface area contributed by atoms with Gasteiger partial charge in [0, 0.05) is 18.7 Å². The van der Waals surface area contributed by atoms with Crippen LogP contribution < -0.4 is 11.5 Å². The molecule has 4 N–H and O–H groups in total. The van der Waals surface area contributed by atoms with Crippen LogP contribution in [0.5, 0.6) is 0 Å². The van der Waals surface area contributed by atoms with Gasteiger partial charge in [-0.25, -0.2) is 0 Å². The van der Waals surface area contributed by atoms with E-state index in [4.69, 9.17) is 11.5 Å². The minimum Gasteiger partial charge on any atom is -0.369 e. The largest absolute Gasteiger partial charge is 0.369 e. The lowest BCUT2D eigenvalue weighted by Gasteiger charge is -2.22. The summed E-state index contributed by atoms with van der Waals surface area (Å²) in [5, 5.41) is 0. The molecule has 4 heteroatoms. The molecule has 0 unspecified atom stereocenters. The average Bonchev–Trinajstić information content (AvgIpc) is 2.35. The number of carbonyl (C=O) groups is 1. The third-order valence-electron chi connectivity index (χ3n) is 2.67. The summed E-state index contributed by atoms with van der Waals surface area (Å²) in [7, 11) is 0. The Labute approximate surface area is 121 Å². The van der Waals surface area contributed by atoms with Crippen LogP contribution in [0, 0.1) is 17.8 Å². The lowest BCUT2D eigenvalue weighted by atomic mass is 10.1. The molecule has 0 bridgehead atoms. The molecule has 1 amide bonds. The van der Waals surface area contributed by atoms with Crippen LogP contribution in [0.25, 0.3) is 0 Å². The Morgan fingerprint density at radius 2 is 2.15 bits per heavy atom. The predicted molar refractivity (Wildman–Crippen MR) is 81.7 cm³/mol. The molecule has 0 saturated carbocycles. The summed E-state index contributed by atoms with van der Waals surface area (Å²) in [5.74, 6) is 6.03. The van der Waals surface area contributed by atoms with Gasteiger partial charge in [-0.15, -0.1) is 0 Å². The van der Waals surface area contributed by atoms with E-state index in [1.807, 2.05) is 24.3 Å². The first-order valence-electron chi connectivity index (χ1n) is 6.79. The molecule has 0 fully saturated rings. The summed E-state index contributed by atoms with van der Waals surface area (Å²) >= 11 is 0. The van der Waals surface area contributed by atoms with Gasteiger partial charge in [-0.05, 0) is 23.6 Å². The molecular formula is C16H23N3O. The van der Waals surface area contributed by atoms with Crippen molar-refractivity contribution in [3.05, 3.63) is 35.4 Å². The van der Waals surface area contributed by atoms with Crippen molar-refractivity contribution in [1.29, 1.82) is 0 Å². The normalized spacial score (nSPS) is 10.4. The Morgan fingerprint density at radius 1 is 1.40 bits per heavy atom. The monoisotopic (exact) mass is 273 g/mol. The summed E-state index contributed by atoms with van der Waals surface area (Å²) in [5.41, 5.74) is 12.7. The van der Waals surface area contributed by atoms with Crippen molar-refractivity contribution in [3.63, 3.8) is 0 Å². The minimum absolute atomic E-state index is 0.275. The number of benzene rings is 1. The molecule has 0 aliphatic heterocycles. The van der Waals surface area contributed by atoms with Crippen LogP contribution in [-0.4, -0.2) is 30.4 Å². The maximum Gasteiger partial charge on any atom is 0.231 e. The standard InChI is InChI=1S/C16H23N3O/c1-13(2)10-19(12-16(18)20)11-15-6-3-5-14(9-15)7-4-8-17/h3,5-6,9,13H,8,10-12,17H2,1-2H3,(H2,18,20). The van der Waals surface area contributed by atoms with Gasteiger partial charge in [-0.1, -0.05) is 37.8 Å². The van der Waals surface area contributed by atoms with Gasteiger partial charge in [0.2, 0.25) is 5.91 Å². The van der Waals surface area contributed by atoms with E-state index >= 15 is 0 Å². The molecule has 108 valence electrons. The van der Waals surface area contributed by atoms with Gasteiger partial charge in [-0.3, -0.25) is 9.69 Å². The number of primary amides is 1. The number of hydrogen-bond donors (Lipinski definition) is 2. The molecule has 0 aliphatic carbocycles. The zero-order valence-electron chi connectivity index (χ0n) is 12.2. The van der Waals surface area contributed by atoms with Gasteiger partial charge < -0.3 is 11.5 Å². The van der Waals surface area contributed by atoms with Crippen LogP contribution in [0.1, 0.15) is 25.0 Å². The van der Waals surface area contributed by atoms with Gasteiger partial charge in [0.05, 0.1) is 13.1 Å². The second-order valence-electron chi connectivity index (χ2n) is 5.24. The average molecular weight is 273 g/mol. The molecule has 1 rings (SSSR count). The number of nitrogens with two attached hydrogens (primary N) is 2. The second kappa shape index (κ2) is 8.36. The van der Waals surface area contributed by atoms with Crippen LogP contribution in [0.3, 0.4) is 0 Å². The summed E-state index contributed by atoms with van der Waals surface area (Å²) in [6.45, 7) is 6.40. The second-order valence-corrected chi connectivity index (χ2v) is 5.24. The molecule has 0 heterocycles. The quantitative estimate of drug-likeness (QED) is 0.758. The van der Waals surface area contributed by atoms with Crippen molar-refractivity contribution < 1.29 is 4.79 Å². The molecule has 4 nitrogen and oxygen atoms in total. The van der Waals surface area contributed by atoms with E-state index in [0.717, 1.165) is 17.7 Å². The molecule has 0 spiro atoms. The molecule has 0 radical (unpaired) electrons. The molecule has 0 saturated heterocycles. The predicted octanol–water partition coefficient (Wildman–Crippen LogP) is 0.940. The summed E-state index contributed by atoms with van der Waals surface area (Å²) in [4.78, 5) is 13.2. The van der Waals surface area contributed by atoms with E-state index in [1.54, 1.807) is 0 Å². The van der Waals surface area contributed by atoms with Crippen LogP contribution in [0.2, 0.25) is 0 Å². The zero-order valence-corrected chi connectivity index (χ0v) is 12.2. The van der Waals surface area contributed by atoms with E-state index in [9.17, 15) is 4.79 Å². The number of amides is 1. The first-order valence-corrected chi connectivity index (χ1v) is 6.79. The highest BCUT2D eigenvalue weighted by atomic mass is 16.1. The van der Waals surface area contributed by atoms with E-state index in [1.165, 1.54) is 0 Å². The lowest BCUT2D eigenvalue weighted by molar-refractivity contribution is -0.119. The Morgan fingerprint density at radius 3 is 2.75 bits per heavy atom. The SMILES string of the molecule is CC(C)CN(CC(N)=O)Cc1cccc(C#CCN)c1. The number of rotatable bonds is 6. The van der Waals surface area contributed by atoms with Gasteiger partial charge in [0.25, 0.3) is 0 Å². The summed E-state index contributed by atoms with van der Waals surface area (Å²) in [6, 6.07) is 7.97. The zero-order chi connectivity index (χ0) is 15.0. The molecular weight excluding hydrogens is 250 g/mol. The van der Waals surface area contributed by atoms with Crippen molar-refractivity contribution in [3.8, 4) is 11.8 Å². The van der Waals surface area contributed by atoms with E-state index < -0.39 is 0 Å². The lowest BCUT2D eigenvalue weighted by Crippen LogP contribution is -2.35. The fourth-order valence-electron chi connectivity index (χ4n) is 2.08. The van der Waals surface area contributed by atoms with Crippen molar-refractivity contribution in [2.75, 3.05) is 19.6 Å². The van der Waals surface area contributed by atoms with Crippen LogP contribution >= 0.6 is 0 Å². The third kappa shape index (κ3) is 6.37. The molecule has 0 aromatic heterocycles. The molecule has 1 aromatic carbocycles. The number of nitrogens with zero attached hydrogens (tertiary/aromatic N) is 1. The molecule has 0 atom stereocenters. The molecule has 1 aromatic rings. The van der Waals surface area contributed by atoms with Crippen molar-refractivity contribution in [2.45, 2.75) is 20.4 Å². The smallest absolute Gasteiger partial charge is 0.231 e. The molecule has 0 aliphatic rings. The Bertz CT molecular complexity index is 500. The van der Waals surface area contributed by atoms with Gasteiger partial charge in [0.1, 0.15) is 0 Å². The maximum absolute atomic E-state index is 11.1. The number of carbonyl (C=O) groups excluding carboxylic acids is 1. The van der Waals surface area contributed by atoms with E-state index in [2.05, 4.69) is 30.6 Å². The van der Waals surface area contributed by atoms with Crippen molar-refractivity contribution in [1.82, 2.24) is 4.90 Å². The fraction of sp³-hybridized carbons (Fsp3) is 0.438. The Kier molecular flexibility index (Phi) is 6.78. The summed E-state index contributed by atoms with van der Waals surface area (Å²) in [6.07, 6.45) is 0. The first-order chi connectivity index (χ1) is 9.51. The highest BCUT2D eigenvalue weighted by Crippen LogP contribution is 2.09. The Balaban J connectivity index is 2.79. The summed E-state index contributed by atoms with van der Waals surface area (Å²) < 4.78 is 0. The Hall–Kier alpha value is -1.83. The van der Waals surface area contributed by atoms with Gasteiger partial charge in [0.15, 0.2) is 0 Å². The van der Waals surface area contributed by atoms with Crippen LogP contribution in [0.4, 0.5) is 0 Å². The fourth-order valence-corrected chi connectivity index (χ4v) is 2.08.